The van der Waals surface area contributed by atoms with Crippen molar-refractivity contribution in [3.05, 3.63) is 89.8 Å². The molecule has 0 fully saturated rings. The molecule has 29 heavy (non-hydrogen) atoms. The Hall–Kier alpha value is -3.54. The van der Waals surface area contributed by atoms with Crippen LogP contribution >= 0.6 is 0 Å². The molecule has 4 aromatic rings. The molecule has 6 heteroatoms. The molecule has 0 aliphatic rings. The second kappa shape index (κ2) is 8.65. The lowest BCUT2D eigenvalue weighted by atomic mass is 10.1. The highest BCUT2D eigenvalue weighted by Gasteiger charge is 2.15. The summed E-state index contributed by atoms with van der Waals surface area (Å²) in [4.78, 5) is 27.2. The molecule has 0 saturated carbocycles. The van der Waals surface area contributed by atoms with Crippen molar-refractivity contribution < 1.29 is 9.21 Å². The molecule has 4 rings (SSSR count). The fourth-order valence-electron chi connectivity index (χ4n) is 3.25. The van der Waals surface area contributed by atoms with E-state index < -0.39 is 0 Å². The fraction of sp³-hybridized carbons (Fsp3) is 0.217. The van der Waals surface area contributed by atoms with E-state index in [-0.39, 0.29) is 5.91 Å². The highest BCUT2D eigenvalue weighted by molar-refractivity contribution is 5.96. The van der Waals surface area contributed by atoms with E-state index in [0.29, 0.717) is 29.1 Å². The maximum Gasteiger partial charge on any atom is 0.254 e. The summed E-state index contributed by atoms with van der Waals surface area (Å²) < 4.78 is 5.84. The Morgan fingerprint density at radius 1 is 1.07 bits per heavy atom. The summed E-state index contributed by atoms with van der Waals surface area (Å²) in [5.74, 6) is 0.611. The topological polar surface area (TPSA) is 72.1 Å². The number of hydrogen-bond donors (Lipinski definition) is 0. The van der Waals surface area contributed by atoms with Gasteiger partial charge in [-0.05, 0) is 36.6 Å². The zero-order valence-electron chi connectivity index (χ0n) is 16.3. The average molecular weight is 386 g/mol. The lowest BCUT2D eigenvalue weighted by molar-refractivity contribution is 0.0783. The number of oxazole rings is 1. The number of aromatic nitrogens is 3. The summed E-state index contributed by atoms with van der Waals surface area (Å²) in [5.41, 5.74) is 4.04. The van der Waals surface area contributed by atoms with Crippen LogP contribution in [0.4, 0.5) is 0 Å². The predicted molar refractivity (Wildman–Crippen MR) is 110 cm³/mol. The SMILES string of the molecule is CN(Cc1cnccn1)C(=O)c1ccc2oc(CCCc3ccccc3)nc2c1. The zero-order valence-corrected chi connectivity index (χ0v) is 16.3. The minimum Gasteiger partial charge on any atom is -0.441 e. The Kier molecular flexibility index (Phi) is 5.61. The van der Waals surface area contributed by atoms with Gasteiger partial charge in [0, 0.05) is 31.4 Å². The number of rotatable bonds is 7. The zero-order chi connectivity index (χ0) is 20.1. The standard InChI is InChI=1S/C23H22N4O2/c1-27(16-19-15-24-12-13-25-19)23(28)18-10-11-21-20(14-18)26-22(29-21)9-5-8-17-6-3-2-4-7-17/h2-4,6-7,10-15H,5,8-9,16H2,1H3. The first-order valence-corrected chi connectivity index (χ1v) is 9.63. The van der Waals surface area contributed by atoms with Crippen molar-refractivity contribution in [1.82, 2.24) is 19.9 Å². The van der Waals surface area contributed by atoms with E-state index in [0.717, 1.165) is 25.0 Å². The van der Waals surface area contributed by atoms with E-state index in [2.05, 4.69) is 39.2 Å². The molecular formula is C23H22N4O2. The van der Waals surface area contributed by atoms with Gasteiger partial charge in [0.1, 0.15) is 5.52 Å². The van der Waals surface area contributed by atoms with Crippen molar-refractivity contribution in [3.8, 4) is 0 Å². The molecule has 2 aromatic carbocycles. The Bertz CT molecular complexity index is 1090. The highest BCUT2D eigenvalue weighted by atomic mass is 16.3. The molecule has 6 nitrogen and oxygen atoms in total. The average Bonchev–Trinajstić information content (AvgIpc) is 3.16. The van der Waals surface area contributed by atoms with Crippen LogP contribution in [0.5, 0.6) is 0 Å². The second-order valence-electron chi connectivity index (χ2n) is 6.99. The number of aryl methyl sites for hydroxylation is 2. The molecule has 1 amide bonds. The summed E-state index contributed by atoms with van der Waals surface area (Å²) >= 11 is 0. The summed E-state index contributed by atoms with van der Waals surface area (Å²) in [6.07, 6.45) is 7.60. The van der Waals surface area contributed by atoms with Crippen LogP contribution in [-0.2, 0) is 19.4 Å². The smallest absolute Gasteiger partial charge is 0.254 e. The molecule has 0 unspecified atom stereocenters. The van der Waals surface area contributed by atoms with E-state index in [1.807, 2.05) is 12.1 Å². The van der Waals surface area contributed by atoms with Gasteiger partial charge in [-0.3, -0.25) is 14.8 Å². The summed E-state index contributed by atoms with van der Waals surface area (Å²) in [5, 5.41) is 0. The van der Waals surface area contributed by atoms with Crippen LogP contribution in [0.3, 0.4) is 0 Å². The minimum absolute atomic E-state index is 0.0915. The third-order valence-corrected chi connectivity index (χ3v) is 4.74. The lowest BCUT2D eigenvalue weighted by Gasteiger charge is -2.16. The maximum atomic E-state index is 12.7. The van der Waals surface area contributed by atoms with Crippen molar-refractivity contribution in [2.45, 2.75) is 25.8 Å². The van der Waals surface area contributed by atoms with Gasteiger partial charge in [-0.15, -0.1) is 0 Å². The number of fused-ring (bicyclic) bond motifs is 1. The Balaban J connectivity index is 1.41. The maximum absolute atomic E-state index is 12.7. The van der Waals surface area contributed by atoms with Gasteiger partial charge in [0.2, 0.25) is 0 Å². The number of nitrogens with zero attached hydrogens (tertiary/aromatic N) is 4. The first-order valence-electron chi connectivity index (χ1n) is 9.63. The Morgan fingerprint density at radius 2 is 1.93 bits per heavy atom. The number of carbonyl (C=O) groups is 1. The van der Waals surface area contributed by atoms with E-state index in [1.54, 1.807) is 42.7 Å². The van der Waals surface area contributed by atoms with Crippen LogP contribution in [0.25, 0.3) is 11.1 Å². The number of hydrogen-bond acceptors (Lipinski definition) is 5. The van der Waals surface area contributed by atoms with Crippen molar-refractivity contribution in [3.63, 3.8) is 0 Å². The Labute approximate surface area is 169 Å². The quantitative estimate of drug-likeness (QED) is 0.479. The van der Waals surface area contributed by atoms with E-state index >= 15 is 0 Å². The molecule has 0 saturated heterocycles. The number of carbonyl (C=O) groups excluding carboxylic acids is 1. The summed E-state index contributed by atoms with van der Waals surface area (Å²) in [7, 11) is 1.75. The van der Waals surface area contributed by atoms with Gasteiger partial charge in [-0.1, -0.05) is 30.3 Å². The lowest BCUT2D eigenvalue weighted by Crippen LogP contribution is -2.26. The van der Waals surface area contributed by atoms with Gasteiger partial charge >= 0.3 is 0 Å². The predicted octanol–water partition coefficient (Wildman–Crippen LogP) is 4.07. The summed E-state index contributed by atoms with van der Waals surface area (Å²) in [6.45, 7) is 0.397. The van der Waals surface area contributed by atoms with Crippen LogP contribution < -0.4 is 0 Å². The van der Waals surface area contributed by atoms with Crippen molar-refractivity contribution in [2.24, 2.45) is 0 Å². The molecule has 0 atom stereocenters. The molecule has 0 radical (unpaired) electrons. The van der Waals surface area contributed by atoms with Gasteiger partial charge in [-0.2, -0.15) is 0 Å². The van der Waals surface area contributed by atoms with Crippen molar-refractivity contribution in [2.75, 3.05) is 7.05 Å². The van der Waals surface area contributed by atoms with Crippen LogP contribution in [0, 0.1) is 0 Å². The van der Waals surface area contributed by atoms with E-state index in [9.17, 15) is 4.79 Å². The third-order valence-electron chi connectivity index (χ3n) is 4.74. The molecular weight excluding hydrogens is 364 g/mol. The fourth-order valence-corrected chi connectivity index (χ4v) is 3.25. The van der Waals surface area contributed by atoms with Gasteiger partial charge < -0.3 is 9.32 Å². The molecule has 0 aliphatic heterocycles. The van der Waals surface area contributed by atoms with Crippen molar-refractivity contribution in [1.29, 1.82) is 0 Å². The first kappa shape index (κ1) is 18.8. The van der Waals surface area contributed by atoms with Gasteiger partial charge in [-0.25, -0.2) is 4.98 Å². The van der Waals surface area contributed by atoms with E-state index in [1.165, 1.54) is 5.56 Å². The second-order valence-corrected chi connectivity index (χ2v) is 6.99. The largest absolute Gasteiger partial charge is 0.441 e. The third kappa shape index (κ3) is 4.66. The van der Waals surface area contributed by atoms with Crippen LogP contribution in [0.2, 0.25) is 0 Å². The van der Waals surface area contributed by atoms with Gasteiger partial charge in [0.25, 0.3) is 5.91 Å². The van der Waals surface area contributed by atoms with E-state index in [4.69, 9.17) is 4.42 Å². The molecule has 2 heterocycles. The van der Waals surface area contributed by atoms with Crippen molar-refractivity contribution >= 4 is 17.0 Å². The van der Waals surface area contributed by atoms with Gasteiger partial charge in [0.15, 0.2) is 11.5 Å². The molecule has 0 aliphatic carbocycles. The summed E-state index contributed by atoms with van der Waals surface area (Å²) in [6, 6.07) is 15.7. The van der Waals surface area contributed by atoms with Crippen LogP contribution in [0.1, 0.15) is 33.9 Å². The number of benzene rings is 2. The minimum atomic E-state index is -0.0915. The van der Waals surface area contributed by atoms with Gasteiger partial charge in [0.05, 0.1) is 18.4 Å². The molecule has 0 N–H and O–H groups in total. The Morgan fingerprint density at radius 3 is 2.72 bits per heavy atom. The molecule has 146 valence electrons. The molecule has 2 aromatic heterocycles. The highest BCUT2D eigenvalue weighted by Crippen LogP contribution is 2.20. The molecule has 0 spiro atoms. The first-order chi connectivity index (χ1) is 14.2. The van der Waals surface area contributed by atoms with Crippen LogP contribution in [-0.4, -0.2) is 32.8 Å². The monoisotopic (exact) mass is 386 g/mol. The molecule has 0 bridgehead atoms. The van der Waals surface area contributed by atoms with Crippen LogP contribution in [0.15, 0.2) is 71.5 Å². The normalized spacial score (nSPS) is 10.9. The number of amides is 1.